The zero-order chi connectivity index (χ0) is 15.1. The summed E-state index contributed by atoms with van der Waals surface area (Å²) in [6, 6.07) is 9.14. The van der Waals surface area contributed by atoms with Crippen molar-refractivity contribution in [3.63, 3.8) is 0 Å². The molecule has 0 aliphatic carbocycles. The molecule has 3 heteroatoms. The van der Waals surface area contributed by atoms with Crippen LogP contribution in [0.25, 0.3) is 0 Å². The SMILES string of the molecule is CC(C)NCC(CCC1CCCO1)Cc1ccccc1Br. The van der Waals surface area contributed by atoms with Crippen LogP contribution in [0.1, 0.15) is 45.1 Å². The van der Waals surface area contributed by atoms with Crippen LogP contribution in [0.4, 0.5) is 0 Å². The van der Waals surface area contributed by atoms with E-state index in [-0.39, 0.29) is 0 Å². The molecule has 1 N–H and O–H groups in total. The summed E-state index contributed by atoms with van der Waals surface area (Å²) in [7, 11) is 0. The molecule has 1 aliphatic rings. The first-order valence-electron chi connectivity index (χ1n) is 8.23. The van der Waals surface area contributed by atoms with Crippen molar-refractivity contribution in [2.45, 2.75) is 58.1 Å². The quantitative estimate of drug-likeness (QED) is 0.739. The summed E-state index contributed by atoms with van der Waals surface area (Å²) in [6.07, 6.45) is 6.57. The number of benzene rings is 1. The fourth-order valence-electron chi connectivity index (χ4n) is 2.95. The van der Waals surface area contributed by atoms with Crippen molar-refractivity contribution in [1.82, 2.24) is 5.32 Å². The zero-order valence-electron chi connectivity index (χ0n) is 13.3. The van der Waals surface area contributed by atoms with E-state index in [2.05, 4.69) is 59.4 Å². The molecule has 0 bridgehead atoms. The van der Waals surface area contributed by atoms with Gasteiger partial charge in [-0.15, -0.1) is 0 Å². The van der Waals surface area contributed by atoms with Gasteiger partial charge in [-0.3, -0.25) is 0 Å². The Balaban J connectivity index is 1.89. The second kappa shape index (κ2) is 8.92. The lowest BCUT2D eigenvalue weighted by molar-refractivity contribution is 0.0978. The molecular weight excluding hydrogens is 326 g/mol. The van der Waals surface area contributed by atoms with Crippen LogP contribution >= 0.6 is 15.9 Å². The van der Waals surface area contributed by atoms with E-state index >= 15 is 0 Å². The molecule has 0 spiro atoms. The van der Waals surface area contributed by atoms with Crippen LogP contribution in [-0.2, 0) is 11.2 Å². The average Bonchev–Trinajstić information content (AvgIpc) is 2.97. The summed E-state index contributed by atoms with van der Waals surface area (Å²) in [5, 5.41) is 3.60. The number of ether oxygens (including phenoxy) is 1. The van der Waals surface area contributed by atoms with Crippen molar-refractivity contribution < 1.29 is 4.74 Å². The van der Waals surface area contributed by atoms with Crippen LogP contribution in [0.2, 0.25) is 0 Å². The minimum Gasteiger partial charge on any atom is -0.378 e. The van der Waals surface area contributed by atoms with Crippen LogP contribution < -0.4 is 5.32 Å². The van der Waals surface area contributed by atoms with Gasteiger partial charge >= 0.3 is 0 Å². The molecule has 2 unspecified atom stereocenters. The first-order chi connectivity index (χ1) is 10.1. The monoisotopic (exact) mass is 353 g/mol. The van der Waals surface area contributed by atoms with Crippen LogP contribution in [0.5, 0.6) is 0 Å². The first kappa shape index (κ1) is 17.0. The third-order valence-electron chi connectivity index (χ3n) is 4.20. The molecule has 2 atom stereocenters. The number of rotatable bonds is 8. The molecule has 1 saturated heterocycles. The van der Waals surface area contributed by atoms with Gasteiger partial charge in [-0.2, -0.15) is 0 Å². The third-order valence-corrected chi connectivity index (χ3v) is 4.98. The van der Waals surface area contributed by atoms with E-state index in [0.29, 0.717) is 18.1 Å². The fourth-order valence-corrected chi connectivity index (χ4v) is 3.39. The highest BCUT2D eigenvalue weighted by Gasteiger charge is 2.19. The minimum atomic E-state index is 0.505. The van der Waals surface area contributed by atoms with Gasteiger partial charge < -0.3 is 10.1 Å². The molecule has 0 radical (unpaired) electrons. The van der Waals surface area contributed by atoms with E-state index in [1.165, 1.54) is 35.7 Å². The Morgan fingerprint density at radius 3 is 2.81 bits per heavy atom. The first-order valence-corrected chi connectivity index (χ1v) is 9.03. The fraction of sp³-hybridized carbons (Fsp3) is 0.667. The highest BCUT2D eigenvalue weighted by molar-refractivity contribution is 9.10. The molecule has 21 heavy (non-hydrogen) atoms. The van der Waals surface area contributed by atoms with Crippen LogP contribution in [0.3, 0.4) is 0 Å². The Morgan fingerprint density at radius 2 is 2.14 bits per heavy atom. The summed E-state index contributed by atoms with van der Waals surface area (Å²) in [5.41, 5.74) is 1.42. The molecule has 0 saturated carbocycles. The molecule has 0 aromatic heterocycles. The lowest BCUT2D eigenvalue weighted by Crippen LogP contribution is -2.30. The topological polar surface area (TPSA) is 21.3 Å². The van der Waals surface area contributed by atoms with Gasteiger partial charge in [0.05, 0.1) is 6.10 Å². The molecule has 2 rings (SSSR count). The highest BCUT2D eigenvalue weighted by atomic mass is 79.9. The van der Waals surface area contributed by atoms with Gasteiger partial charge in [0.15, 0.2) is 0 Å². The van der Waals surface area contributed by atoms with E-state index in [9.17, 15) is 0 Å². The van der Waals surface area contributed by atoms with Crippen LogP contribution in [-0.4, -0.2) is 25.3 Å². The smallest absolute Gasteiger partial charge is 0.0576 e. The molecule has 2 nitrogen and oxygen atoms in total. The van der Waals surface area contributed by atoms with Crippen molar-refractivity contribution in [2.24, 2.45) is 5.92 Å². The van der Waals surface area contributed by atoms with Gasteiger partial charge in [-0.05, 0) is 56.2 Å². The Labute approximate surface area is 137 Å². The predicted molar refractivity (Wildman–Crippen MR) is 92.7 cm³/mol. The number of hydrogen-bond acceptors (Lipinski definition) is 2. The molecular formula is C18H28BrNO. The summed E-state index contributed by atoms with van der Waals surface area (Å²) >= 11 is 3.68. The Kier molecular flexibility index (Phi) is 7.21. The van der Waals surface area contributed by atoms with Gasteiger partial charge in [0.25, 0.3) is 0 Å². The predicted octanol–water partition coefficient (Wildman–Crippen LogP) is 4.57. The maximum atomic E-state index is 5.77. The van der Waals surface area contributed by atoms with Crippen molar-refractivity contribution in [3.8, 4) is 0 Å². The molecule has 1 fully saturated rings. The number of halogens is 1. The van der Waals surface area contributed by atoms with E-state index in [4.69, 9.17) is 4.74 Å². The van der Waals surface area contributed by atoms with Gasteiger partial charge in [0, 0.05) is 17.1 Å². The van der Waals surface area contributed by atoms with E-state index in [1.54, 1.807) is 0 Å². The molecule has 1 aromatic carbocycles. The van der Waals surface area contributed by atoms with Gasteiger partial charge in [-0.1, -0.05) is 48.0 Å². The van der Waals surface area contributed by atoms with Crippen molar-refractivity contribution in [2.75, 3.05) is 13.2 Å². The van der Waals surface area contributed by atoms with Crippen molar-refractivity contribution >= 4 is 15.9 Å². The summed E-state index contributed by atoms with van der Waals surface area (Å²) in [4.78, 5) is 0. The highest BCUT2D eigenvalue weighted by Crippen LogP contribution is 2.24. The maximum Gasteiger partial charge on any atom is 0.0576 e. The van der Waals surface area contributed by atoms with E-state index in [1.807, 2.05) is 0 Å². The van der Waals surface area contributed by atoms with Crippen LogP contribution in [0.15, 0.2) is 28.7 Å². The third kappa shape index (κ3) is 6.09. The average molecular weight is 354 g/mol. The summed E-state index contributed by atoms with van der Waals surface area (Å²) in [5.74, 6) is 0.676. The molecule has 118 valence electrons. The van der Waals surface area contributed by atoms with Crippen molar-refractivity contribution in [1.29, 1.82) is 0 Å². The molecule has 1 heterocycles. The Morgan fingerprint density at radius 1 is 1.33 bits per heavy atom. The number of hydrogen-bond donors (Lipinski definition) is 1. The lowest BCUT2D eigenvalue weighted by atomic mass is 9.92. The summed E-state index contributed by atoms with van der Waals surface area (Å²) < 4.78 is 7.01. The second-order valence-corrected chi connectivity index (χ2v) is 7.29. The normalized spacial score (nSPS) is 20.1. The lowest BCUT2D eigenvalue weighted by Gasteiger charge is -2.21. The summed E-state index contributed by atoms with van der Waals surface area (Å²) in [6.45, 7) is 6.49. The van der Waals surface area contributed by atoms with Gasteiger partial charge in [0.1, 0.15) is 0 Å². The van der Waals surface area contributed by atoms with E-state index < -0.39 is 0 Å². The number of nitrogens with one attached hydrogen (secondary N) is 1. The van der Waals surface area contributed by atoms with Crippen LogP contribution in [0, 0.1) is 5.92 Å². The standard InChI is InChI=1S/C18H28BrNO/c1-14(2)20-13-15(9-10-17-7-5-11-21-17)12-16-6-3-4-8-18(16)19/h3-4,6,8,14-15,17,20H,5,7,9-13H2,1-2H3. The molecule has 1 aliphatic heterocycles. The molecule has 1 aromatic rings. The van der Waals surface area contributed by atoms with E-state index in [0.717, 1.165) is 19.6 Å². The minimum absolute atomic E-state index is 0.505. The van der Waals surface area contributed by atoms with Gasteiger partial charge in [0.2, 0.25) is 0 Å². The molecule has 0 amide bonds. The second-order valence-electron chi connectivity index (χ2n) is 6.44. The van der Waals surface area contributed by atoms with Gasteiger partial charge in [-0.25, -0.2) is 0 Å². The Bertz CT molecular complexity index is 415. The maximum absolute atomic E-state index is 5.77. The zero-order valence-corrected chi connectivity index (χ0v) is 14.9. The van der Waals surface area contributed by atoms with Crippen molar-refractivity contribution in [3.05, 3.63) is 34.3 Å². The Hall–Kier alpha value is -0.380. The largest absolute Gasteiger partial charge is 0.378 e.